The molecule has 1 aromatic rings. The summed E-state index contributed by atoms with van der Waals surface area (Å²) in [5.41, 5.74) is 3.44. The summed E-state index contributed by atoms with van der Waals surface area (Å²) >= 11 is 5.76. The summed E-state index contributed by atoms with van der Waals surface area (Å²) in [7, 11) is 4.77. The van der Waals surface area contributed by atoms with Gasteiger partial charge in [-0.2, -0.15) is 0 Å². The number of nitrogens with zero attached hydrogens (tertiary/aromatic N) is 2. The predicted octanol–water partition coefficient (Wildman–Crippen LogP) is 1.41. The lowest BCUT2D eigenvalue weighted by molar-refractivity contribution is 0.0822. The lowest BCUT2D eigenvalue weighted by Crippen LogP contribution is -2.22. The highest BCUT2D eigenvalue weighted by atomic mass is 35.5. The SMILES string of the molecule is CONc1cc(Cl)nc(C(=O)N(C)C)c1. The molecule has 0 aliphatic rings. The number of carbonyl (C=O) groups is 1. The minimum absolute atomic E-state index is 0.211. The number of pyridine rings is 1. The second kappa shape index (κ2) is 4.95. The summed E-state index contributed by atoms with van der Waals surface area (Å²) in [6.45, 7) is 0. The molecule has 0 aliphatic heterocycles. The van der Waals surface area contributed by atoms with Crippen LogP contribution in [-0.2, 0) is 4.84 Å². The molecule has 0 atom stereocenters. The molecule has 0 radical (unpaired) electrons. The third-order valence-electron chi connectivity index (χ3n) is 1.64. The van der Waals surface area contributed by atoms with E-state index < -0.39 is 0 Å². The van der Waals surface area contributed by atoms with Crippen molar-refractivity contribution in [2.75, 3.05) is 26.7 Å². The van der Waals surface area contributed by atoms with E-state index in [9.17, 15) is 4.79 Å². The summed E-state index contributed by atoms with van der Waals surface area (Å²) in [6, 6.07) is 3.13. The van der Waals surface area contributed by atoms with Gasteiger partial charge in [0, 0.05) is 20.2 Å². The highest BCUT2D eigenvalue weighted by molar-refractivity contribution is 6.29. The Bertz CT molecular complexity index is 368. The molecular formula is C9H12ClN3O2. The maximum atomic E-state index is 11.6. The second-order valence-corrected chi connectivity index (χ2v) is 3.46. The van der Waals surface area contributed by atoms with Crippen LogP contribution in [0.25, 0.3) is 0 Å². The number of anilines is 1. The van der Waals surface area contributed by atoms with Crippen molar-refractivity contribution in [2.24, 2.45) is 0 Å². The van der Waals surface area contributed by atoms with E-state index in [-0.39, 0.29) is 16.8 Å². The summed E-state index contributed by atoms with van der Waals surface area (Å²) in [4.78, 5) is 21.6. The standard InChI is InChI=1S/C9H12ClN3O2/c1-13(2)9(14)7-4-6(12-15-3)5-8(10)11-7/h4-5H,1-3H3,(H,11,12). The number of halogens is 1. The van der Waals surface area contributed by atoms with E-state index in [1.165, 1.54) is 12.0 Å². The van der Waals surface area contributed by atoms with Gasteiger partial charge in [0.25, 0.3) is 5.91 Å². The van der Waals surface area contributed by atoms with Crippen LogP contribution in [0.4, 0.5) is 5.69 Å². The summed E-state index contributed by atoms with van der Waals surface area (Å²) in [6.07, 6.45) is 0. The first kappa shape index (κ1) is 11.7. The van der Waals surface area contributed by atoms with Crippen molar-refractivity contribution in [3.8, 4) is 0 Å². The molecule has 82 valence electrons. The molecule has 1 rings (SSSR count). The van der Waals surface area contributed by atoms with Gasteiger partial charge in [-0.25, -0.2) is 4.98 Å². The molecule has 0 bridgehead atoms. The third-order valence-corrected chi connectivity index (χ3v) is 1.83. The molecule has 0 unspecified atom stereocenters. The van der Waals surface area contributed by atoms with Crippen LogP contribution in [0.15, 0.2) is 12.1 Å². The molecule has 1 N–H and O–H groups in total. The highest BCUT2D eigenvalue weighted by Crippen LogP contribution is 2.16. The number of hydrogen-bond acceptors (Lipinski definition) is 4. The van der Waals surface area contributed by atoms with Crippen molar-refractivity contribution in [3.05, 3.63) is 23.0 Å². The largest absolute Gasteiger partial charge is 0.343 e. The zero-order valence-electron chi connectivity index (χ0n) is 8.74. The highest BCUT2D eigenvalue weighted by Gasteiger charge is 2.11. The molecule has 0 fully saturated rings. The lowest BCUT2D eigenvalue weighted by Gasteiger charge is -2.11. The molecule has 1 heterocycles. The van der Waals surface area contributed by atoms with Crippen LogP contribution >= 0.6 is 11.6 Å². The van der Waals surface area contributed by atoms with Gasteiger partial charge in [0.05, 0.1) is 12.8 Å². The van der Waals surface area contributed by atoms with Crippen molar-refractivity contribution in [3.63, 3.8) is 0 Å². The molecule has 1 amide bonds. The third kappa shape index (κ3) is 3.07. The summed E-state index contributed by atoms with van der Waals surface area (Å²) in [5.74, 6) is -0.211. The van der Waals surface area contributed by atoms with Gasteiger partial charge in [0.15, 0.2) is 0 Å². The van der Waals surface area contributed by atoms with Crippen LogP contribution in [0.5, 0.6) is 0 Å². The first-order valence-electron chi connectivity index (χ1n) is 4.23. The van der Waals surface area contributed by atoms with E-state index in [1.807, 2.05) is 0 Å². The van der Waals surface area contributed by atoms with E-state index in [4.69, 9.17) is 16.4 Å². The normalized spacial score (nSPS) is 9.87. The molecule has 0 spiro atoms. The quantitative estimate of drug-likeness (QED) is 0.629. The fourth-order valence-corrected chi connectivity index (χ4v) is 1.22. The van der Waals surface area contributed by atoms with Gasteiger partial charge in [0.1, 0.15) is 10.8 Å². The zero-order chi connectivity index (χ0) is 11.4. The van der Waals surface area contributed by atoms with E-state index in [0.29, 0.717) is 5.69 Å². The van der Waals surface area contributed by atoms with Crippen molar-refractivity contribution in [1.29, 1.82) is 0 Å². The molecule has 0 saturated carbocycles. The fourth-order valence-electron chi connectivity index (χ4n) is 1.01. The number of aromatic nitrogens is 1. The van der Waals surface area contributed by atoms with Crippen LogP contribution in [0.3, 0.4) is 0 Å². The van der Waals surface area contributed by atoms with E-state index >= 15 is 0 Å². The molecule has 6 heteroatoms. The van der Waals surface area contributed by atoms with Crippen LogP contribution in [0.2, 0.25) is 5.15 Å². The van der Waals surface area contributed by atoms with Gasteiger partial charge in [-0.05, 0) is 6.07 Å². The van der Waals surface area contributed by atoms with Crippen LogP contribution < -0.4 is 5.48 Å². The molecule has 5 nitrogen and oxygen atoms in total. The van der Waals surface area contributed by atoms with Crippen molar-refractivity contribution < 1.29 is 9.63 Å². The Labute approximate surface area is 93.0 Å². The number of amides is 1. The molecule has 0 aromatic carbocycles. The van der Waals surface area contributed by atoms with Gasteiger partial charge in [-0.3, -0.25) is 15.1 Å². The molecule has 15 heavy (non-hydrogen) atoms. The second-order valence-electron chi connectivity index (χ2n) is 3.07. The monoisotopic (exact) mass is 229 g/mol. The van der Waals surface area contributed by atoms with Gasteiger partial charge in [-0.1, -0.05) is 11.6 Å². The van der Waals surface area contributed by atoms with E-state index in [1.54, 1.807) is 26.2 Å². The van der Waals surface area contributed by atoms with E-state index in [0.717, 1.165) is 0 Å². The topological polar surface area (TPSA) is 54.5 Å². The Morgan fingerprint density at radius 2 is 2.20 bits per heavy atom. The maximum Gasteiger partial charge on any atom is 0.272 e. The summed E-state index contributed by atoms with van der Waals surface area (Å²) in [5, 5.41) is 0.238. The molecule has 0 aliphatic carbocycles. The molecule has 0 saturated heterocycles. The number of nitrogens with one attached hydrogen (secondary N) is 1. The number of carbonyl (C=O) groups excluding carboxylic acids is 1. The Hall–Kier alpha value is -1.33. The lowest BCUT2D eigenvalue weighted by atomic mass is 10.3. The van der Waals surface area contributed by atoms with Gasteiger partial charge < -0.3 is 4.90 Å². The Morgan fingerprint density at radius 1 is 1.53 bits per heavy atom. The average Bonchev–Trinajstić information content (AvgIpc) is 2.16. The Balaban J connectivity index is 3.03. The first-order chi connectivity index (χ1) is 7.04. The maximum absolute atomic E-state index is 11.6. The Morgan fingerprint density at radius 3 is 2.73 bits per heavy atom. The first-order valence-corrected chi connectivity index (χ1v) is 4.60. The van der Waals surface area contributed by atoms with Crippen LogP contribution in [0.1, 0.15) is 10.5 Å². The number of rotatable bonds is 3. The molecular weight excluding hydrogens is 218 g/mol. The van der Waals surface area contributed by atoms with Crippen LogP contribution in [0, 0.1) is 0 Å². The van der Waals surface area contributed by atoms with Crippen molar-refractivity contribution in [2.45, 2.75) is 0 Å². The number of hydrogen-bond donors (Lipinski definition) is 1. The van der Waals surface area contributed by atoms with Gasteiger partial charge in [-0.15, -0.1) is 0 Å². The van der Waals surface area contributed by atoms with E-state index in [2.05, 4.69) is 10.5 Å². The van der Waals surface area contributed by atoms with Gasteiger partial charge in [0.2, 0.25) is 0 Å². The summed E-state index contributed by atoms with van der Waals surface area (Å²) < 4.78 is 0. The smallest absolute Gasteiger partial charge is 0.272 e. The average molecular weight is 230 g/mol. The zero-order valence-corrected chi connectivity index (χ0v) is 9.50. The van der Waals surface area contributed by atoms with Crippen molar-refractivity contribution >= 4 is 23.2 Å². The fraction of sp³-hybridized carbons (Fsp3) is 0.333. The van der Waals surface area contributed by atoms with Crippen LogP contribution in [-0.4, -0.2) is 37.0 Å². The minimum Gasteiger partial charge on any atom is -0.343 e. The van der Waals surface area contributed by atoms with Gasteiger partial charge >= 0.3 is 0 Å². The minimum atomic E-state index is -0.211. The predicted molar refractivity (Wildman–Crippen MR) is 57.9 cm³/mol. The Kier molecular flexibility index (Phi) is 3.88. The molecule has 1 aromatic heterocycles. The van der Waals surface area contributed by atoms with Crippen molar-refractivity contribution in [1.82, 2.24) is 9.88 Å².